The number of halogens is 3. The Bertz CT molecular complexity index is 5600. The Kier molecular flexibility index (Phi) is 38.6. The molecule has 6 aromatic carbocycles. The molecule has 3 fully saturated rings. The second kappa shape index (κ2) is 51.3. The van der Waals surface area contributed by atoms with Crippen molar-refractivity contribution in [2.45, 2.75) is 108 Å². The highest BCUT2D eigenvalue weighted by Crippen LogP contribution is 2.35. The number of fused-ring (bicyclic) bond motifs is 3. The quantitative estimate of drug-likeness (QED) is 0.0253. The van der Waals surface area contributed by atoms with E-state index in [1.54, 1.807) is 105 Å². The van der Waals surface area contributed by atoms with Crippen LogP contribution in [0.15, 0.2) is 188 Å². The molecule has 0 spiro atoms. The number of terminal acetylenes is 1. The number of rotatable bonds is 50. The van der Waals surface area contributed by atoms with Gasteiger partial charge in [0.05, 0.1) is 247 Å². The number of carbonyl (C=O) groups excluding carboxylic acids is 2. The molecule has 0 radical (unpaired) electrons. The monoisotopic (exact) mass is 1850 g/mol. The van der Waals surface area contributed by atoms with E-state index < -0.39 is 10.0 Å². The first-order valence-electron chi connectivity index (χ1n) is 43.8. The molecule has 9 heterocycles. The molecule has 15 rings (SSSR count). The van der Waals surface area contributed by atoms with E-state index in [2.05, 4.69) is 65.7 Å². The van der Waals surface area contributed by atoms with Gasteiger partial charge in [0, 0.05) is 90.4 Å². The fourth-order valence-corrected chi connectivity index (χ4v) is 17.4. The molecule has 0 N–H and O–H groups in total. The van der Waals surface area contributed by atoms with Crippen LogP contribution in [0.4, 0.5) is 0 Å². The number of hydrogen-bond donors (Lipinski definition) is 0. The average Bonchev–Trinajstić information content (AvgIpc) is 1.61. The smallest absolute Gasteiger partial charge is 0.268 e. The van der Waals surface area contributed by atoms with Crippen molar-refractivity contribution in [3.8, 4) is 12.3 Å². The molecule has 6 aromatic heterocycles. The lowest BCUT2D eigenvalue weighted by Crippen LogP contribution is -2.23. The minimum atomic E-state index is -3.80. The molecule has 3 atom stereocenters. The molecule has 0 saturated carbocycles. The molecule has 12 aromatic rings. The highest BCUT2D eigenvalue weighted by molar-refractivity contribution is 7.90. The van der Waals surface area contributed by atoms with Crippen LogP contribution in [0.1, 0.15) is 105 Å². The number of likely N-dealkylation sites (tertiary alicyclic amines) is 3. The van der Waals surface area contributed by atoms with Crippen molar-refractivity contribution in [1.82, 2.24) is 72.8 Å². The Labute approximate surface area is 767 Å². The van der Waals surface area contributed by atoms with Gasteiger partial charge in [-0.05, 0) is 163 Å². The van der Waals surface area contributed by atoms with E-state index in [1.165, 1.54) is 29.8 Å². The molecule has 0 bridgehead atoms. The van der Waals surface area contributed by atoms with Crippen molar-refractivity contribution in [3.63, 3.8) is 0 Å². The van der Waals surface area contributed by atoms with Gasteiger partial charge in [-0.2, -0.15) is 0 Å². The number of benzene rings is 6. The Hall–Kier alpha value is -9.52. The van der Waals surface area contributed by atoms with Gasteiger partial charge in [-0.25, -0.2) is 26.4 Å². The van der Waals surface area contributed by atoms with Crippen LogP contribution < -0.4 is 0 Å². The SMILES string of the molecule is C#C[C@@H]1CCCN1C.CN1CCC[C@H]1c1cn(CCOCCOCCOCCOCc2cn(C(=O)c3ccccc3)c3ccc(Cl)cc23)nn1.O=C(c1ccccc1)n1cc(COCCOCCOCCOCCn2cc([C@@H]3CCCN3Cc3cn(CCOCCOCCOCCOCc4cn(S(=O)(=O)c5ccccc5)c5ccc(Cl)cc45)nn3)nn2)c2cc(Cl)ccc21. The molecule has 129 heavy (non-hydrogen) atoms. The van der Waals surface area contributed by atoms with Crippen molar-refractivity contribution in [1.29, 1.82) is 0 Å². The van der Waals surface area contributed by atoms with Crippen LogP contribution in [0.5, 0.6) is 0 Å². The Balaban J connectivity index is 0.000000235. The fourth-order valence-electron chi connectivity index (χ4n) is 15.4. The van der Waals surface area contributed by atoms with Crippen molar-refractivity contribution in [2.75, 3.05) is 172 Å². The van der Waals surface area contributed by atoms with Gasteiger partial charge in [0.2, 0.25) is 0 Å². The fraction of sp³-hybridized carbons (Fsp3) is 0.447. The van der Waals surface area contributed by atoms with Crippen molar-refractivity contribution < 1.29 is 74.8 Å². The second-order valence-electron chi connectivity index (χ2n) is 31.2. The normalized spacial score (nSPS) is 15.6. The van der Waals surface area contributed by atoms with Gasteiger partial charge in [0.1, 0.15) is 0 Å². The first kappa shape index (κ1) is 97.0. The van der Waals surface area contributed by atoms with Gasteiger partial charge >= 0.3 is 0 Å². The van der Waals surface area contributed by atoms with Crippen molar-refractivity contribution in [3.05, 3.63) is 243 Å². The lowest BCUT2D eigenvalue weighted by Gasteiger charge is -2.21. The molecule has 3 saturated heterocycles. The summed E-state index contributed by atoms with van der Waals surface area (Å²) in [5.41, 5.74) is 8.65. The van der Waals surface area contributed by atoms with Gasteiger partial charge in [-0.3, -0.25) is 33.4 Å². The Morgan fingerprint density at radius 3 is 1.19 bits per heavy atom. The summed E-state index contributed by atoms with van der Waals surface area (Å²) in [5.74, 6) is 2.53. The molecule has 0 amide bonds. The second-order valence-corrected chi connectivity index (χ2v) is 34.3. The van der Waals surface area contributed by atoms with Crippen LogP contribution in [0.3, 0.4) is 0 Å². The average molecular weight is 1850 g/mol. The lowest BCUT2D eigenvalue weighted by molar-refractivity contribution is -0.00487. The Morgan fingerprint density at radius 1 is 0.403 bits per heavy atom. The molecule has 3 aliphatic rings. The van der Waals surface area contributed by atoms with E-state index in [-0.39, 0.29) is 29.4 Å². The van der Waals surface area contributed by atoms with Gasteiger partial charge in [-0.15, -0.1) is 21.7 Å². The van der Waals surface area contributed by atoms with Crippen LogP contribution in [0.25, 0.3) is 32.7 Å². The summed E-state index contributed by atoms with van der Waals surface area (Å²) in [7, 11) is 0.411. The number of ether oxygens (including phenoxy) is 12. The van der Waals surface area contributed by atoms with Crippen LogP contribution in [-0.2, 0) is 113 Å². The van der Waals surface area contributed by atoms with Crippen LogP contribution in [0.2, 0.25) is 15.1 Å². The number of carbonyl (C=O) groups is 2. The minimum absolute atomic E-state index is 0.0977. The van der Waals surface area contributed by atoms with Crippen LogP contribution in [-0.4, -0.2) is 272 Å². The summed E-state index contributed by atoms with van der Waals surface area (Å²) < 4.78 is 106. The predicted molar refractivity (Wildman–Crippen MR) is 490 cm³/mol. The summed E-state index contributed by atoms with van der Waals surface area (Å²) in [4.78, 5) is 33.4. The molecule has 31 nitrogen and oxygen atoms in total. The lowest BCUT2D eigenvalue weighted by atomic mass is 10.1. The van der Waals surface area contributed by atoms with Crippen LogP contribution in [0, 0.1) is 12.3 Å². The topological polar surface area (TPSA) is 296 Å². The summed E-state index contributed by atoms with van der Waals surface area (Å²) in [6, 6.07) is 43.8. The summed E-state index contributed by atoms with van der Waals surface area (Å²) >= 11 is 18.8. The molecule has 688 valence electrons. The first-order chi connectivity index (χ1) is 63.1. The van der Waals surface area contributed by atoms with Gasteiger partial charge in [0.15, 0.2) is 0 Å². The highest BCUT2D eigenvalue weighted by Gasteiger charge is 2.31. The summed E-state index contributed by atoms with van der Waals surface area (Å²) in [6.45, 7) is 15.8. The number of aromatic nitrogens is 12. The van der Waals surface area contributed by atoms with E-state index in [4.69, 9.17) is 98.1 Å². The largest absolute Gasteiger partial charge is 0.377 e. The third kappa shape index (κ3) is 28.7. The maximum Gasteiger partial charge on any atom is 0.268 e. The molecule has 3 aliphatic heterocycles. The van der Waals surface area contributed by atoms with Crippen LogP contribution >= 0.6 is 34.8 Å². The third-order valence-electron chi connectivity index (χ3n) is 22.2. The minimum Gasteiger partial charge on any atom is -0.377 e. The summed E-state index contributed by atoms with van der Waals surface area (Å²) in [6.07, 6.45) is 23.3. The molecule has 0 unspecified atom stereocenters. The van der Waals surface area contributed by atoms with E-state index in [9.17, 15) is 18.0 Å². The van der Waals surface area contributed by atoms with Gasteiger partial charge in [0.25, 0.3) is 21.8 Å². The summed E-state index contributed by atoms with van der Waals surface area (Å²) in [5, 5.41) is 30.3. The van der Waals surface area contributed by atoms with Crippen molar-refractivity contribution >= 4 is 89.3 Å². The number of nitrogens with zero attached hydrogens (tertiary/aromatic N) is 15. The molecular formula is C94H114Cl3N15O16S. The van der Waals surface area contributed by atoms with Gasteiger partial charge in [-0.1, -0.05) is 111 Å². The maximum atomic E-state index is 13.4. The van der Waals surface area contributed by atoms with E-state index in [1.807, 2.05) is 101 Å². The first-order valence-corrected chi connectivity index (χ1v) is 46.3. The van der Waals surface area contributed by atoms with Crippen molar-refractivity contribution in [2.24, 2.45) is 0 Å². The molecule has 35 heteroatoms. The number of hydrogen-bond acceptors (Lipinski definition) is 25. The third-order valence-corrected chi connectivity index (χ3v) is 24.5. The zero-order chi connectivity index (χ0) is 89.8. The van der Waals surface area contributed by atoms with E-state index >= 15 is 0 Å². The maximum absolute atomic E-state index is 13.4. The van der Waals surface area contributed by atoms with E-state index in [0.717, 1.165) is 82.4 Å². The zero-order valence-corrected chi connectivity index (χ0v) is 76.2. The van der Waals surface area contributed by atoms with Gasteiger partial charge < -0.3 is 56.8 Å². The van der Waals surface area contributed by atoms with E-state index in [0.29, 0.717) is 233 Å². The predicted octanol–water partition coefficient (Wildman–Crippen LogP) is 13.2. The standard InChI is InChI=1S/C56H65Cl2N9O11S.C31H38ClN5O5.C7H11N/c57-46-13-15-53-50(34-46)44(36-66(53)56(68)43-8-3-1-4-9-43)41-77-32-30-75-28-26-74-25-23-72-21-19-65-40-52(60-62-65)55-12-7-17-63(55)38-48-39-64(61-59-48)18-20-71-22-24-73-27-29-76-31-33-78-42-45-37-67(54-16-14-47(58)35-51(45)54)79(69,70)49-10-5-2-6-11-49;1-35-11-5-8-30(35)28-22-36(34-33-28)12-13-39-14-15-40-16-17-41-18-19-42-23-25-21-37(29-10-9-26(32)20-27(25)29)31(38)24-6-3-2-4-7-24;1-3-7-5-4-6-8(7)2/h1-6,8-11,13-16,34-37,39-40,55H,7,12,17-33,38,41-42H2;2-4,6-7,9-10,20-22,30H,5,8,11-19,23H2,1H3;1,7H,4-6H2,2H3/t55-;30-;7-/m001/s1. The molecule has 0 aliphatic carbocycles. The Morgan fingerprint density at radius 2 is 0.767 bits per heavy atom. The molecular weight excluding hydrogens is 1730 g/mol. The zero-order valence-electron chi connectivity index (χ0n) is 73.1. The highest BCUT2D eigenvalue weighted by atomic mass is 35.5.